The lowest BCUT2D eigenvalue weighted by Crippen LogP contribution is -2.60. The van der Waals surface area contributed by atoms with E-state index >= 15 is 0 Å². The van der Waals surface area contributed by atoms with Crippen molar-refractivity contribution in [2.75, 3.05) is 81.9 Å². The second-order valence-corrected chi connectivity index (χ2v) is 10.4. The lowest BCUT2D eigenvalue weighted by Gasteiger charge is -2.42. The van der Waals surface area contributed by atoms with Crippen LogP contribution in [0.3, 0.4) is 0 Å². The normalized spacial score (nSPS) is 14.4. The molecule has 0 spiro atoms. The highest BCUT2D eigenvalue weighted by molar-refractivity contribution is 5.97. The molecule has 1 N–H and O–H groups in total. The summed E-state index contributed by atoms with van der Waals surface area (Å²) < 4.78 is 32.6. The highest BCUT2D eigenvalue weighted by Gasteiger charge is 2.35. The Morgan fingerprint density at radius 2 is 1.16 bits per heavy atom. The molecule has 0 saturated carbocycles. The van der Waals surface area contributed by atoms with Crippen molar-refractivity contribution >= 4 is 17.8 Å². The minimum absolute atomic E-state index is 0.137. The molecule has 1 aliphatic heterocycles. The molecule has 1 unspecified atom stereocenters. The van der Waals surface area contributed by atoms with Crippen molar-refractivity contribution in [3.63, 3.8) is 0 Å². The highest BCUT2D eigenvalue weighted by atomic mass is 16.5. The Labute approximate surface area is 265 Å². The molecule has 248 valence electrons. The summed E-state index contributed by atoms with van der Waals surface area (Å²) in [5, 5.41) is 3.00. The molecule has 13 heteroatoms. The van der Waals surface area contributed by atoms with Gasteiger partial charge in [0.2, 0.25) is 11.5 Å². The minimum Gasteiger partial charge on any atom is -0.493 e. The highest BCUT2D eigenvalue weighted by Crippen LogP contribution is 2.40. The van der Waals surface area contributed by atoms with Crippen molar-refractivity contribution in [3.8, 4) is 34.5 Å². The summed E-state index contributed by atoms with van der Waals surface area (Å²) in [4.78, 5) is 46.0. The van der Waals surface area contributed by atoms with E-state index in [-0.39, 0.29) is 44.0 Å². The zero-order chi connectivity index (χ0) is 33.1. The molecule has 1 aliphatic rings. The van der Waals surface area contributed by atoms with Crippen LogP contribution in [0.15, 0.2) is 24.3 Å². The number of rotatable bonds is 14. The molecule has 3 rings (SSSR count). The number of nitrogens with one attached hydrogen (secondary N) is 1. The molecule has 1 saturated heterocycles. The molecular formula is C32H46N4O9. The third-order valence-corrected chi connectivity index (χ3v) is 7.62. The molecule has 2 aromatic carbocycles. The van der Waals surface area contributed by atoms with Gasteiger partial charge in [-0.15, -0.1) is 0 Å². The maximum atomic E-state index is 14.0. The number of amides is 4. The lowest BCUT2D eigenvalue weighted by molar-refractivity contribution is 0.0387. The van der Waals surface area contributed by atoms with Crippen molar-refractivity contribution in [1.29, 1.82) is 0 Å². The number of carbonyl (C=O) groups excluding carboxylic acids is 3. The molecule has 1 fully saturated rings. The molecule has 45 heavy (non-hydrogen) atoms. The van der Waals surface area contributed by atoms with Gasteiger partial charge in [0, 0.05) is 50.4 Å². The van der Waals surface area contributed by atoms with Crippen LogP contribution in [0.25, 0.3) is 0 Å². The fourth-order valence-corrected chi connectivity index (χ4v) is 5.41. The van der Waals surface area contributed by atoms with E-state index in [1.165, 1.54) is 42.7 Å². The maximum Gasteiger partial charge on any atom is 0.317 e. The summed E-state index contributed by atoms with van der Waals surface area (Å²) in [6, 6.07) is 5.63. The zero-order valence-corrected chi connectivity index (χ0v) is 27.6. The predicted molar refractivity (Wildman–Crippen MR) is 168 cm³/mol. The van der Waals surface area contributed by atoms with Crippen LogP contribution in [0.5, 0.6) is 34.5 Å². The van der Waals surface area contributed by atoms with E-state index in [0.717, 1.165) is 12.8 Å². The van der Waals surface area contributed by atoms with Gasteiger partial charge in [0.05, 0.1) is 48.7 Å². The monoisotopic (exact) mass is 630 g/mol. The topological polar surface area (TPSA) is 128 Å². The molecular weight excluding hydrogens is 584 g/mol. The number of urea groups is 1. The average Bonchev–Trinajstić information content (AvgIpc) is 3.08. The molecule has 0 aliphatic carbocycles. The van der Waals surface area contributed by atoms with E-state index in [2.05, 4.69) is 5.32 Å². The summed E-state index contributed by atoms with van der Waals surface area (Å²) in [5.41, 5.74) is 0.664. The first-order chi connectivity index (χ1) is 21.7. The van der Waals surface area contributed by atoms with E-state index in [0.29, 0.717) is 58.7 Å². The first kappa shape index (κ1) is 34.9. The molecule has 4 amide bonds. The van der Waals surface area contributed by atoms with Crippen molar-refractivity contribution in [2.45, 2.75) is 32.7 Å². The Hall–Kier alpha value is -4.55. The van der Waals surface area contributed by atoms with E-state index in [1.807, 2.05) is 13.8 Å². The Morgan fingerprint density at radius 1 is 0.711 bits per heavy atom. The van der Waals surface area contributed by atoms with Gasteiger partial charge in [-0.05, 0) is 37.1 Å². The number of hydrogen-bond donors (Lipinski definition) is 1. The van der Waals surface area contributed by atoms with Gasteiger partial charge in [-0.2, -0.15) is 0 Å². The summed E-state index contributed by atoms with van der Waals surface area (Å²) in [5.74, 6) is 1.57. The molecule has 0 bridgehead atoms. The second-order valence-electron chi connectivity index (χ2n) is 10.4. The van der Waals surface area contributed by atoms with Gasteiger partial charge in [-0.1, -0.05) is 13.8 Å². The Bertz CT molecular complexity index is 1280. The van der Waals surface area contributed by atoms with Crippen molar-refractivity contribution in [2.24, 2.45) is 0 Å². The van der Waals surface area contributed by atoms with Crippen LogP contribution in [0.2, 0.25) is 0 Å². The average molecular weight is 631 g/mol. The molecule has 2 aromatic rings. The number of piperazine rings is 1. The van der Waals surface area contributed by atoms with Gasteiger partial charge in [-0.25, -0.2) is 4.79 Å². The van der Waals surface area contributed by atoms with E-state index in [9.17, 15) is 14.4 Å². The Kier molecular flexibility index (Phi) is 12.8. The van der Waals surface area contributed by atoms with Crippen LogP contribution < -0.4 is 33.7 Å². The third-order valence-electron chi connectivity index (χ3n) is 7.62. The van der Waals surface area contributed by atoms with Crippen molar-refractivity contribution in [3.05, 3.63) is 35.4 Å². The number of hydrogen-bond acceptors (Lipinski definition) is 9. The lowest BCUT2D eigenvalue weighted by atomic mass is 10.1. The maximum absolute atomic E-state index is 14.0. The fourth-order valence-electron chi connectivity index (χ4n) is 5.41. The van der Waals surface area contributed by atoms with Crippen LogP contribution in [0.1, 0.15) is 47.4 Å². The van der Waals surface area contributed by atoms with Crippen LogP contribution in [0, 0.1) is 0 Å². The van der Waals surface area contributed by atoms with E-state index in [1.54, 1.807) is 39.0 Å². The van der Waals surface area contributed by atoms with Gasteiger partial charge >= 0.3 is 6.03 Å². The predicted octanol–water partition coefficient (Wildman–Crippen LogP) is 3.54. The summed E-state index contributed by atoms with van der Waals surface area (Å²) >= 11 is 0. The van der Waals surface area contributed by atoms with Gasteiger partial charge in [-0.3, -0.25) is 9.59 Å². The molecule has 1 atom stereocenters. The van der Waals surface area contributed by atoms with Gasteiger partial charge < -0.3 is 48.4 Å². The minimum atomic E-state index is -0.537. The van der Waals surface area contributed by atoms with Crippen LogP contribution in [-0.2, 0) is 0 Å². The van der Waals surface area contributed by atoms with E-state index in [4.69, 9.17) is 28.4 Å². The number of ether oxygens (including phenoxy) is 6. The summed E-state index contributed by atoms with van der Waals surface area (Å²) in [7, 11) is 8.92. The second kappa shape index (κ2) is 16.5. The van der Waals surface area contributed by atoms with Crippen LogP contribution in [0.4, 0.5) is 4.79 Å². The van der Waals surface area contributed by atoms with Gasteiger partial charge in [0.1, 0.15) is 0 Å². The number of carbonyl (C=O) groups is 3. The fraction of sp³-hybridized carbons (Fsp3) is 0.531. The summed E-state index contributed by atoms with van der Waals surface area (Å²) in [6.07, 6.45) is 1.64. The van der Waals surface area contributed by atoms with E-state index < -0.39 is 6.04 Å². The Morgan fingerprint density at radius 3 is 1.56 bits per heavy atom. The number of benzene rings is 2. The quantitative estimate of drug-likeness (QED) is 0.333. The SMILES string of the molecule is CCCN(CCC)C(=O)NCC1CN(C(=O)c2cc(OC)c(OC)c(OC)c2)CCN1C(=O)c1cc(OC)c(OC)c(OC)c1. The first-order valence-electron chi connectivity index (χ1n) is 14.9. The molecule has 13 nitrogen and oxygen atoms in total. The number of methoxy groups -OCH3 is 6. The van der Waals surface area contributed by atoms with Crippen LogP contribution >= 0.6 is 0 Å². The molecule has 0 aromatic heterocycles. The summed E-state index contributed by atoms with van der Waals surface area (Å²) in [6.45, 7) is 6.05. The largest absolute Gasteiger partial charge is 0.493 e. The first-order valence-corrected chi connectivity index (χ1v) is 14.9. The van der Waals surface area contributed by atoms with Crippen LogP contribution in [-0.4, -0.2) is 121 Å². The Balaban J connectivity index is 1.95. The zero-order valence-electron chi connectivity index (χ0n) is 27.6. The smallest absolute Gasteiger partial charge is 0.317 e. The molecule has 0 radical (unpaired) electrons. The third kappa shape index (κ3) is 7.95. The van der Waals surface area contributed by atoms with Gasteiger partial charge in [0.25, 0.3) is 11.8 Å². The standard InChI is InChI=1S/C32H46N4O9/c1-9-11-34(12-10-2)32(39)33-19-23-20-35(30(37)21-15-24(40-3)28(44-7)25(16-21)41-4)13-14-36(23)31(38)22-17-26(42-5)29(45-8)27(18-22)43-6/h15-18,23H,9-14,19-20H2,1-8H3,(H,33,39). The van der Waals surface area contributed by atoms with Crippen molar-refractivity contribution < 1.29 is 42.8 Å². The molecule has 1 heterocycles. The van der Waals surface area contributed by atoms with Gasteiger partial charge in [0.15, 0.2) is 23.0 Å². The number of nitrogens with zero attached hydrogens (tertiary/aromatic N) is 3. The van der Waals surface area contributed by atoms with Crippen molar-refractivity contribution in [1.82, 2.24) is 20.0 Å².